The number of hydrogen-bond donors (Lipinski definition) is 5. The molecular weight excluding hydrogens is 466 g/mol. The number of hydrogen-bond acceptors (Lipinski definition) is 8. The molecule has 10 nitrogen and oxygen atoms in total. The normalized spacial score (nSPS) is 20.7. The molecule has 7 N–H and O–H groups in total. The maximum Gasteiger partial charge on any atom is 0.265 e. The number of carbonyl (C=O) groups excluding carboxylic acids is 2. The van der Waals surface area contributed by atoms with Crippen LogP contribution in [0.4, 0.5) is 5.95 Å². The van der Waals surface area contributed by atoms with Crippen LogP contribution in [-0.4, -0.2) is 32.0 Å². The molecule has 1 amide bonds. The van der Waals surface area contributed by atoms with Crippen LogP contribution in [0.3, 0.4) is 0 Å². The highest BCUT2D eigenvalue weighted by molar-refractivity contribution is 9.10. The number of aromatic hydroxyl groups is 1. The van der Waals surface area contributed by atoms with E-state index in [2.05, 4.69) is 36.5 Å². The molecule has 1 unspecified atom stereocenters. The maximum atomic E-state index is 13.5. The summed E-state index contributed by atoms with van der Waals surface area (Å²) in [6, 6.07) is 4.83. The maximum absolute atomic E-state index is 13.5. The third-order valence-corrected chi connectivity index (χ3v) is 6.04. The minimum absolute atomic E-state index is 0.0408. The number of Topliss-reactive ketones (excluding diaryl/α,β-unsaturated/α-hetero) is 1. The highest BCUT2D eigenvalue weighted by Crippen LogP contribution is 2.51. The number of anilines is 1. The Hall–Kier alpha value is -3.18. The summed E-state index contributed by atoms with van der Waals surface area (Å²) in [5, 5.41) is 17.3. The van der Waals surface area contributed by atoms with Crippen LogP contribution in [0.1, 0.15) is 38.2 Å². The number of allylic oxidation sites excluding steroid dienone is 2. The molecular formula is C20H22BrN7O3. The van der Waals surface area contributed by atoms with E-state index in [1.165, 1.54) is 17.3 Å². The number of ketones is 1. The van der Waals surface area contributed by atoms with Crippen molar-refractivity contribution in [2.45, 2.75) is 32.6 Å². The lowest BCUT2D eigenvalue weighted by atomic mass is 9.68. The zero-order chi connectivity index (χ0) is 22.5. The molecule has 0 saturated carbocycles. The van der Waals surface area contributed by atoms with Crippen molar-refractivity contribution >= 4 is 33.6 Å². The Balaban J connectivity index is 2.06. The number of carbonyl (C=O) groups is 2. The van der Waals surface area contributed by atoms with E-state index in [-0.39, 0.29) is 40.7 Å². The van der Waals surface area contributed by atoms with Crippen molar-refractivity contribution in [2.75, 3.05) is 4.90 Å². The summed E-state index contributed by atoms with van der Waals surface area (Å²) in [6.07, 6.45) is 2.09. The first-order valence-corrected chi connectivity index (χ1v) is 10.3. The van der Waals surface area contributed by atoms with Crippen LogP contribution < -0.4 is 21.9 Å². The number of phenolic OH excluding ortho intramolecular Hbond substituents is 1. The highest BCUT2D eigenvalue weighted by atomic mass is 79.9. The first kappa shape index (κ1) is 21.1. The number of halogens is 1. The van der Waals surface area contributed by atoms with E-state index in [0.29, 0.717) is 27.7 Å². The third kappa shape index (κ3) is 3.49. The molecule has 0 spiro atoms. The fourth-order valence-corrected chi connectivity index (χ4v) is 4.71. The molecule has 0 saturated heterocycles. The second-order valence-corrected chi connectivity index (χ2v) is 9.27. The van der Waals surface area contributed by atoms with Crippen LogP contribution in [0.25, 0.3) is 0 Å². The molecule has 1 aromatic heterocycles. The van der Waals surface area contributed by atoms with Crippen LogP contribution in [0, 0.1) is 5.41 Å². The summed E-state index contributed by atoms with van der Waals surface area (Å²) in [4.78, 5) is 32.1. The first-order valence-electron chi connectivity index (χ1n) is 9.55. The van der Waals surface area contributed by atoms with E-state index < -0.39 is 11.8 Å². The van der Waals surface area contributed by atoms with E-state index in [1.807, 2.05) is 13.8 Å². The van der Waals surface area contributed by atoms with E-state index in [1.54, 1.807) is 12.1 Å². The summed E-state index contributed by atoms with van der Waals surface area (Å²) in [7, 11) is 0. The molecule has 2 aliphatic rings. The van der Waals surface area contributed by atoms with Crippen molar-refractivity contribution in [3.8, 4) is 5.75 Å². The highest BCUT2D eigenvalue weighted by Gasteiger charge is 2.47. The number of nitrogens with zero attached hydrogens (tertiary/aromatic N) is 3. The number of benzene rings is 1. The van der Waals surface area contributed by atoms with Gasteiger partial charge in [-0.15, -0.1) is 0 Å². The summed E-state index contributed by atoms with van der Waals surface area (Å²) >= 11 is 3.40. The van der Waals surface area contributed by atoms with Gasteiger partial charge < -0.3 is 10.8 Å². The van der Waals surface area contributed by atoms with Gasteiger partial charge in [-0.3, -0.25) is 19.9 Å². The Morgan fingerprint density at radius 2 is 2.13 bits per heavy atom. The quantitative estimate of drug-likeness (QED) is 0.248. The fourth-order valence-electron chi connectivity index (χ4n) is 4.33. The Labute approximate surface area is 186 Å². The number of aromatic amines is 1. The number of nitrogens with two attached hydrogens (primary N) is 2. The Kier molecular flexibility index (Phi) is 5.10. The average Bonchev–Trinajstić information content (AvgIpc) is 3.21. The number of rotatable bonds is 3. The van der Waals surface area contributed by atoms with Crippen molar-refractivity contribution in [1.82, 2.24) is 20.6 Å². The number of H-pyrrole nitrogens is 1. The zero-order valence-electron chi connectivity index (χ0n) is 16.9. The summed E-state index contributed by atoms with van der Waals surface area (Å²) in [5.74, 6) is 4.00. The number of aromatic nitrogens is 3. The van der Waals surface area contributed by atoms with Crippen molar-refractivity contribution in [3.05, 3.63) is 57.2 Å². The number of hydrazine groups is 1. The third-order valence-electron chi connectivity index (χ3n) is 5.55. The summed E-state index contributed by atoms with van der Waals surface area (Å²) in [6.45, 7) is 3.97. The van der Waals surface area contributed by atoms with Gasteiger partial charge in [-0.2, -0.15) is 10.1 Å². The van der Waals surface area contributed by atoms with Gasteiger partial charge in [0.25, 0.3) is 5.91 Å². The monoisotopic (exact) mass is 487 g/mol. The van der Waals surface area contributed by atoms with Crippen LogP contribution >= 0.6 is 15.9 Å². The van der Waals surface area contributed by atoms with Crippen molar-refractivity contribution < 1.29 is 14.7 Å². The fraction of sp³-hybridized carbons (Fsp3) is 0.300. The molecule has 0 radical (unpaired) electrons. The van der Waals surface area contributed by atoms with Gasteiger partial charge >= 0.3 is 0 Å². The molecule has 162 valence electrons. The number of nitrogens with one attached hydrogen (secondary N) is 2. The van der Waals surface area contributed by atoms with Gasteiger partial charge in [0.05, 0.1) is 11.5 Å². The van der Waals surface area contributed by atoms with Crippen LogP contribution in [-0.2, 0) is 9.59 Å². The van der Waals surface area contributed by atoms with E-state index in [4.69, 9.17) is 11.6 Å². The van der Waals surface area contributed by atoms with Crippen LogP contribution in [0.5, 0.6) is 5.75 Å². The molecule has 2 aromatic rings. The predicted octanol–water partition coefficient (Wildman–Crippen LogP) is 1.68. The Bertz CT molecular complexity index is 1140. The topological polar surface area (TPSA) is 163 Å². The lowest BCUT2D eigenvalue weighted by Crippen LogP contribution is -2.46. The molecule has 4 rings (SSSR count). The summed E-state index contributed by atoms with van der Waals surface area (Å²) < 4.78 is 0.676. The molecule has 2 heterocycles. The molecule has 1 aliphatic carbocycles. The second-order valence-electron chi connectivity index (χ2n) is 8.35. The largest absolute Gasteiger partial charge is 0.508 e. The predicted molar refractivity (Wildman–Crippen MR) is 116 cm³/mol. The van der Waals surface area contributed by atoms with Gasteiger partial charge in [-0.1, -0.05) is 29.8 Å². The van der Waals surface area contributed by atoms with Crippen LogP contribution in [0.15, 0.2) is 51.7 Å². The van der Waals surface area contributed by atoms with E-state index >= 15 is 0 Å². The molecule has 0 fully saturated rings. The standard InChI is InChI=1S/C20H22BrN7O3/c1-20(2)6-11-15(13(30)7-20)14(10-5-9(21)3-4-12(10)29)16(18(31)26-23)17(22)28(11)19-24-8-25-27-19/h3-5,8,14,29H,6-7,22-23H2,1-2H3,(H,26,31)(H,24,25,27). The minimum Gasteiger partial charge on any atom is -0.508 e. The average molecular weight is 488 g/mol. The van der Waals surface area contributed by atoms with Gasteiger partial charge in [0.2, 0.25) is 5.95 Å². The van der Waals surface area contributed by atoms with E-state index in [9.17, 15) is 14.7 Å². The van der Waals surface area contributed by atoms with E-state index in [0.717, 1.165) is 0 Å². The molecule has 1 aliphatic heterocycles. The molecule has 11 heteroatoms. The van der Waals surface area contributed by atoms with Gasteiger partial charge in [-0.05, 0) is 30.0 Å². The van der Waals surface area contributed by atoms with Crippen molar-refractivity contribution in [2.24, 2.45) is 17.0 Å². The lowest BCUT2D eigenvalue weighted by molar-refractivity contribution is -0.118. The van der Waals surface area contributed by atoms with Gasteiger partial charge in [0, 0.05) is 27.7 Å². The second kappa shape index (κ2) is 7.50. The van der Waals surface area contributed by atoms with Gasteiger partial charge in [0.1, 0.15) is 17.9 Å². The SMILES string of the molecule is CC1(C)CC(=O)C2=C(C1)N(c1ncn[nH]1)C(N)=C(C(=O)NN)C2c1cc(Br)ccc1O. The first-order chi connectivity index (χ1) is 14.6. The molecule has 1 aromatic carbocycles. The minimum atomic E-state index is -0.904. The number of phenols is 1. The Morgan fingerprint density at radius 1 is 1.39 bits per heavy atom. The Morgan fingerprint density at radius 3 is 2.77 bits per heavy atom. The molecule has 0 bridgehead atoms. The van der Waals surface area contributed by atoms with Crippen LogP contribution in [0.2, 0.25) is 0 Å². The molecule has 1 atom stereocenters. The molecule has 31 heavy (non-hydrogen) atoms. The zero-order valence-corrected chi connectivity index (χ0v) is 18.5. The van der Waals surface area contributed by atoms with Crippen molar-refractivity contribution in [3.63, 3.8) is 0 Å². The van der Waals surface area contributed by atoms with Gasteiger partial charge in [-0.25, -0.2) is 10.9 Å². The lowest BCUT2D eigenvalue weighted by Gasteiger charge is -2.43. The van der Waals surface area contributed by atoms with Crippen molar-refractivity contribution in [1.29, 1.82) is 0 Å². The smallest absolute Gasteiger partial charge is 0.265 e. The van der Waals surface area contributed by atoms with Gasteiger partial charge in [0.15, 0.2) is 5.78 Å². The number of amides is 1. The summed E-state index contributed by atoms with van der Waals surface area (Å²) in [5.41, 5.74) is 9.67.